The Morgan fingerprint density at radius 3 is 2.32 bits per heavy atom. The molecule has 1 aliphatic heterocycles. The Morgan fingerprint density at radius 1 is 0.929 bits per heavy atom. The Balaban J connectivity index is 1.34. The summed E-state index contributed by atoms with van der Waals surface area (Å²) in [4.78, 5) is 28.2. The molecule has 2 aromatic rings. The Kier molecular flexibility index (Phi) is 6.86. The van der Waals surface area contributed by atoms with Crippen molar-refractivity contribution in [1.29, 1.82) is 0 Å². The number of piperazine rings is 1. The van der Waals surface area contributed by atoms with Crippen LogP contribution in [0.25, 0.3) is 0 Å². The van der Waals surface area contributed by atoms with Crippen molar-refractivity contribution in [3.8, 4) is 5.75 Å². The van der Waals surface area contributed by atoms with E-state index in [1.54, 1.807) is 6.07 Å². The number of phenols is 1. The number of imide groups is 1. The lowest BCUT2D eigenvalue weighted by Crippen LogP contribution is -2.47. The molecule has 7 nitrogen and oxygen atoms in total. The molecule has 1 aliphatic rings. The van der Waals surface area contributed by atoms with Gasteiger partial charge in [0.2, 0.25) is 5.91 Å². The number of nitrogens with one attached hydrogen (secondary N) is 2. The fourth-order valence-corrected chi connectivity index (χ4v) is 3.22. The highest BCUT2D eigenvalue weighted by molar-refractivity contribution is 5.94. The van der Waals surface area contributed by atoms with Crippen molar-refractivity contribution in [3.05, 3.63) is 60.2 Å². The lowest BCUT2D eigenvalue weighted by Gasteiger charge is -2.36. The summed E-state index contributed by atoms with van der Waals surface area (Å²) in [5.74, 6) is 0.00513. The summed E-state index contributed by atoms with van der Waals surface area (Å²) in [7, 11) is 0. The summed E-state index contributed by atoms with van der Waals surface area (Å²) in [6, 6.07) is 16.4. The highest BCUT2D eigenvalue weighted by Gasteiger charge is 2.19. The third-order valence-electron chi connectivity index (χ3n) is 4.80. The molecule has 3 N–H and O–H groups in total. The normalized spacial score (nSPS) is 14.5. The van der Waals surface area contributed by atoms with Crippen LogP contribution in [0.15, 0.2) is 54.6 Å². The topological polar surface area (TPSA) is 84.9 Å². The monoisotopic (exact) mass is 382 g/mol. The third kappa shape index (κ3) is 5.72. The first-order chi connectivity index (χ1) is 13.6. The van der Waals surface area contributed by atoms with Gasteiger partial charge in [-0.1, -0.05) is 42.5 Å². The third-order valence-corrected chi connectivity index (χ3v) is 4.80. The van der Waals surface area contributed by atoms with Crippen molar-refractivity contribution < 1.29 is 14.7 Å². The maximum absolute atomic E-state index is 12.0. The van der Waals surface area contributed by atoms with E-state index in [0.29, 0.717) is 13.1 Å². The van der Waals surface area contributed by atoms with E-state index in [-0.39, 0.29) is 18.1 Å². The number of anilines is 1. The van der Waals surface area contributed by atoms with E-state index in [4.69, 9.17) is 0 Å². The Morgan fingerprint density at radius 2 is 1.61 bits per heavy atom. The lowest BCUT2D eigenvalue weighted by molar-refractivity contribution is -0.120. The maximum atomic E-state index is 12.0. The van der Waals surface area contributed by atoms with E-state index in [2.05, 4.69) is 20.4 Å². The molecule has 0 spiro atoms. The van der Waals surface area contributed by atoms with Crippen molar-refractivity contribution >= 4 is 17.6 Å². The van der Waals surface area contributed by atoms with Crippen LogP contribution < -0.4 is 15.5 Å². The number of aromatic hydroxyl groups is 1. The maximum Gasteiger partial charge on any atom is 0.321 e. The molecule has 1 fully saturated rings. The molecule has 0 bridgehead atoms. The van der Waals surface area contributed by atoms with E-state index in [9.17, 15) is 14.7 Å². The number of hydrogen-bond donors (Lipinski definition) is 3. The predicted octanol–water partition coefficient (Wildman–Crippen LogP) is 1.93. The smallest absolute Gasteiger partial charge is 0.321 e. The second-order valence-corrected chi connectivity index (χ2v) is 6.78. The molecule has 0 aliphatic carbocycles. The van der Waals surface area contributed by atoms with Crippen LogP contribution >= 0.6 is 0 Å². The molecule has 7 heteroatoms. The van der Waals surface area contributed by atoms with Gasteiger partial charge in [-0.25, -0.2) is 4.79 Å². The molecule has 0 unspecified atom stereocenters. The number of rotatable bonds is 6. The van der Waals surface area contributed by atoms with Gasteiger partial charge < -0.3 is 15.3 Å². The van der Waals surface area contributed by atoms with E-state index >= 15 is 0 Å². The summed E-state index contributed by atoms with van der Waals surface area (Å²) < 4.78 is 0. The zero-order chi connectivity index (χ0) is 19.8. The van der Waals surface area contributed by atoms with Crippen LogP contribution in [0.3, 0.4) is 0 Å². The van der Waals surface area contributed by atoms with Crippen molar-refractivity contribution in [2.75, 3.05) is 37.6 Å². The number of carbonyl (C=O) groups is 2. The highest BCUT2D eigenvalue weighted by Crippen LogP contribution is 2.27. The minimum atomic E-state index is -0.474. The number of para-hydroxylation sites is 2. The summed E-state index contributed by atoms with van der Waals surface area (Å²) in [6.45, 7) is 4.18. The fraction of sp³-hybridized carbons (Fsp3) is 0.333. The lowest BCUT2D eigenvalue weighted by atomic mass is 10.2. The van der Waals surface area contributed by atoms with Crippen LogP contribution in [0.4, 0.5) is 10.5 Å². The molecule has 148 valence electrons. The molecule has 0 radical (unpaired) electrons. The zero-order valence-electron chi connectivity index (χ0n) is 15.8. The van der Waals surface area contributed by atoms with E-state index in [1.165, 1.54) is 0 Å². The summed E-state index contributed by atoms with van der Waals surface area (Å²) in [6.07, 6.45) is 0.273. The second kappa shape index (κ2) is 9.75. The van der Waals surface area contributed by atoms with Crippen molar-refractivity contribution in [2.45, 2.75) is 13.0 Å². The van der Waals surface area contributed by atoms with Crippen LogP contribution in [0, 0.1) is 0 Å². The van der Waals surface area contributed by atoms with E-state index < -0.39 is 6.03 Å². The molecule has 0 aromatic heterocycles. The van der Waals surface area contributed by atoms with Gasteiger partial charge in [0.05, 0.1) is 5.69 Å². The molecular formula is C21H26N4O3. The van der Waals surface area contributed by atoms with Gasteiger partial charge >= 0.3 is 6.03 Å². The second-order valence-electron chi connectivity index (χ2n) is 6.78. The SMILES string of the molecule is O=C(CCN1CCN(c2ccccc2O)CC1)NC(=O)NCc1ccccc1. The molecule has 28 heavy (non-hydrogen) atoms. The molecule has 1 heterocycles. The van der Waals surface area contributed by atoms with Gasteiger partial charge in [-0.3, -0.25) is 15.0 Å². The van der Waals surface area contributed by atoms with Crippen molar-refractivity contribution in [1.82, 2.24) is 15.5 Å². The molecule has 1 saturated heterocycles. The number of phenolic OH excluding ortho intramolecular Hbond substituents is 1. The Hall–Kier alpha value is -3.06. The molecule has 2 aromatic carbocycles. The molecule has 0 saturated carbocycles. The molecular weight excluding hydrogens is 356 g/mol. The van der Waals surface area contributed by atoms with Crippen LogP contribution in [0.5, 0.6) is 5.75 Å². The van der Waals surface area contributed by atoms with Crippen LogP contribution in [0.2, 0.25) is 0 Å². The van der Waals surface area contributed by atoms with Gasteiger partial charge in [0.1, 0.15) is 5.75 Å². The van der Waals surface area contributed by atoms with Gasteiger partial charge in [-0.05, 0) is 17.7 Å². The van der Waals surface area contributed by atoms with Gasteiger partial charge in [0.15, 0.2) is 0 Å². The number of benzene rings is 2. The molecule has 3 amide bonds. The van der Waals surface area contributed by atoms with Gasteiger partial charge in [-0.15, -0.1) is 0 Å². The predicted molar refractivity (Wildman–Crippen MR) is 108 cm³/mol. The minimum absolute atomic E-state index is 0.273. The average Bonchev–Trinajstić information content (AvgIpc) is 2.72. The van der Waals surface area contributed by atoms with Crippen molar-refractivity contribution in [2.24, 2.45) is 0 Å². The highest BCUT2D eigenvalue weighted by atomic mass is 16.3. The number of carbonyl (C=O) groups excluding carboxylic acids is 2. The van der Waals surface area contributed by atoms with Crippen LogP contribution in [0.1, 0.15) is 12.0 Å². The van der Waals surface area contributed by atoms with E-state index in [1.807, 2.05) is 48.5 Å². The Bertz CT molecular complexity index is 789. The number of hydrogen-bond acceptors (Lipinski definition) is 5. The van der Waals surface area contributed by atoms with E-state index in [0.717, 1.165) is 37.4 Å². The number of amides is 3. The summed E-state index contributed by atoms with van der Waals surface area (Å²) in [5.41, 5.74) is 1.82. The first-order valence-corrected chi connectivity index (χ1v) is 9.49. The van der Waals surface area contributed by atoms with Crippen LogP contribution in [-0.4, -0.2) is 54.7 Å². The number of nitrogens with zero attached hydrogens (tertiary/aromatic N) is 2. The van der Waals surface area contributed by atoms with Gasteiger partial charge in [-0.2, -0.15) is 0 Å². The molecule has 0 atom stereocenters. The largest absolute Gasteiger partial charge is 0.506 e. The minimum Gasteiger partial charge on any atom is -0.506 e. The standard InChI is InChI=1S/C21H26N4O3/c26-19-9-5-4-8-18(19)25-14-12-24(13-15-25)11-10-20(27)23-21(28)22-16-17-6-2-1-3-7-17/h1-9,26H,10-16H2,(H2,22,23,27,28). The summed E-state index contributed by atoms with van der Waals surface area (Å²) in [5, 5.41) is 15.0. The first-order valence-electron chi connectivity index (χ1n) is 9.49. The van der Waals surface area contributed by atoms with Crippen LogP contribution in [-0.2, 0) is 11.3 Å². The summed E-state index contributed by atoms with van der Waals surface area (Å²) >= 11 is 0. The quantitative estimate of drug-likeness (QED) is 0.711. The average molecular weight is 382 g/mol. The van der Waals surface area contributed by atoms with Gasteiger partial charge in [0.25, 0.3) is 0 Å². The zero-order valence-corrected chi connectivity index (χ0v) is 15.8. The van der Waals surface area contributed by atoms with Crippen molar-refractivity contribution in [3.63, 3.8) is 0 Å². The Labute approximate surface area is 165 Å². The molecule has 3 rings (SSSR count). The van der Waals surface area contributed by atoms with Gasteiger partial charge in [0, 0.05) is 45.7 Å². The fourth-order valence-electron chi connectivity index (χ4n) is 3.22. The number of urea groups is 1. The first kappa shape index (κ1) is 19.7.